The van der Waals surface area contributed by atoms with Gasteiger partial charge in [0, 0.05) is 79.5 Å². The summed E-state index contributed by atoms with van der Waals surface area (Å²) in [5.41, 5.74) is 2.15. The maximum atomic E-state index is 5.35. The van der Waals surface area contributed by atoms with Crippen LogP contribution in [0.25, 0.3) is 0 Å². The maximum Gasteiger partial charge on any atom is 0.205 e. The number of hydrogen-bond acceptors (Lipinski definition) is 12. The molecule has 1 N–H and O–H groups in total. The van der Waals surface area contributed by atoms with Crippen LogP contribution in [0.5, 0.6) is 0 Å². The fourth-order valence-electron chi connectivity index (χ4n) is 4.22. The molecular weight excluding hydrogens is 472 g/mol. The van der Waals surface area contributed by atoms with Crippen LogP contribution in [0.15, 0.2) is 66.0 Å². The Morgan fingerprint density at radius 1 is 0.838 bits per heavy atom. The summed E-state index contributed by atoms with van der Waals surface area (Å²) >= 11 is 0. The third kappa shape index (κ3) is 6.43. The van der Waals surface area contributed by atoms with Gasteiger partial charge in [0.1, 0.15) is 12.3 Å². The molecule has 4 heterocycles. The van der Waals surface area contributed by atoms with Gasteiger partial charge in [-0.15, -0.1) is 0 Å². The highest BCUT2D eigenvalue weighted by molar-refractivity contribution is 6.00. The molecule has 0 bridgehead atoms. The van der Waals surface area contributed by atoms with E-state index in [1.807, 2.05) is 76.0 Å². The van der Waals surface area contributed by atoms with E-state index in [4.69, 9.17) is 28.8 Å². The Kier molecular flexibility index (Phi) is 8.04. The Bertz CT molecular complexity index is 1130. The minimum Gasteiger partial charge on any atom is -0.472 e. The smallest absolute Gasteiger partial charge is 0.205 e. The molecule has 2 atom stereocenters. The number of rotatable bonds is 7. The van der Waals surface area contributed by atoms with Crippen molar-refractivity contribution in [2.75, 3.05) is 48.8 Å². The lowest BCUT2D eigenvalue weighted by Gasteiger charge is -2.38. The number of nitrogens with one attached hydrogen (secondary N) is 1. The molecule has 12 heteroatoms. The first kappa shape index (κ1) is 26.1. The van der Waals surface area contributed by atoms with Gasteiger partial charge >= 0.3 is 0 Å². The van der Waals surface area contributed by atoms with Crippen LogP contribution in [0, 0.1) is 0 Å². The van der Waals surface area contributed by atoms with Crippen molar-refractivity contribution in [3.63, 3.8) is 0 Å². The molecule has 0 saturated carbocycles. The van der Waals surface area contributed by atoms with Crippen molar-refractivity contribution in [1.82, 2.24) is 29.8 Å². The average Bonchev–Trinajstić information content (AvgIpc) is 3.57. The molecule has 2 aliphatic heterocycles. The van der Waals surface area contributed by atoms with Crippen molar-refractivity contribution in [1.29, 1.82) is 0 Å². The van der Waals surface area contributed by atoms with E-state index in [0.29, 0.717) is 26.1 Å². The van der Waals surface area contributed by atoms with Crippen molar-refractivity contribution >= 4 is 23.8 Å². The second-order valence-corrected chi connectivity index (χ2v) is 9.68. The Balaban J connectivity index is 1.54. The topological polar surface area (TPSA) is 104 Å². The molecule has 2 unspecified atom stereocenters. The summed E-state index contributed by atoms with van der Waals surface area (Å²) in [6.45, 7) is 4.02. The molecule has 0 fully saturated rings. The number of furan rings is 2. The fourth-order valence-corrected chi connectivity index (χ4v) is 4.22. The van der Waals surface area contributed by atoms with Crippen LogP contribution in [0.3, 0.4) is 0 Å². The predicted octanol–water partition coefficient (Wildman–Crippen LogP) is 1.96. The second kappa shape index (κ2) is 11.4. The van der Waals surface area contributed by atoms with E-state index in [1.54, 1.807) is 25.1 Å². The zero-order chi connectivity index (χ0) is 26.5. The first-order valence-corrected chi connectivity index (χ1v) is 12.4. The maximum absolute atomic E-state index is 5.35. The number of hydrogen-bond donors (Lipinski definition) is 1. The summed E-state index contributed by atoms with van der Waals surface area (Å²) in [6, 6.07) is 3.94. The molecule has 0 amide bonds. The van der Waals surface area contributed by atoms with E-state index in [-0.39, 0.29) is 12.3 Å². The van der Waals surface area contributed by atoms with Crippen LogP contribution in [0.4, 0.5) is 0 Å². The van der Waals surface area contributed by atoms with E-state index < -0.39 is 0 Å². The molecule has 0 saturated heterocycles. The van der Waals surface area contributed by atoms with Gasteiger partial charge in [-0.3, -0.25) is 10.2 Å². The predicted molar refractivity (Wildman–Crippen MR) is 145 cm³/mol. The van der Waals surface area contributed by atoms with Gasteiger partial charge in [-0.2, -0.15) is 0 Å². The minimum atomic E-state index is -0.249. The summed E-state index contributed by atoms with van der Waals surface area (Å²) in [6.07, 6.45) is 7.18. The molecular formula is C25H38N10O2. The van der Waals surface area contributed by atoms with Crippen LogP contribution in [-0.4, -0.2) is 110 Å². The van der Waals surface area contributed by atoms with Gasteiger partial charge in [-0.05, 0) is 19.1 Å². The molecule has 0 aliphatic carbocycles. The summed E-state index contributed by atoms with van der Waals surface area (Å²) < 4.78 is 10.6. The minimum absolute atomic E-state index is 0.172. The normalized spacial score (nSPS) is 19.4. The number of aliphatic imine (C=N–C) groups is 4. The van der Waals surface area contributed by atoms with E-state index in [1.165, 1.54) is 0 Å². The molecule has 37 heavy (non-hydrogen) atoms. The summed E-state index contributed by atoms with van der Waals surface area (Å²) in [5, 5.41) is 3.36. The second-order valence-electron chi connectivity index (χ2n) is 9.68. The van der Waals surface area contributed by atoms with E-state index in [0.717, 1.165) is 35.0 Å². The molecule has 0 radical (unpaired) electrons. The Morgan fingerprint density at radius 2 is 1.46 bits per heavy atom. The number of guanidine groups is 4. The molecule has 0 spiro atoms. The Labute approximate surface area is 218 Å². The Hall–Kier alpha value is -3.96. The molecule has 2 aromatic rings. The monoisotopic (exact) mass is 510 g/mol. The number of nitrogens with zero attached hydrogens (tertiary/aromatic N) is 9. The van der Waals surface area contributed by atoms with Gasteiger partial charge < -0.3 is 28.4 Å². The highest BCUT2D eigenvalue weighted by Crippen LogP contribution is 2.17. The zero-order valence-corrected chi connectivity index (χ0v) is 22.8. The van der Waals surface area contributed by atoms with Crippen molar-refractivity contribution in [2.45, 2.75) is 38.8 Å². The largest absolute Gasteiger partial charge is 0.472 e. The van der Waals surface area contributed by atoms with Gasteiger partial charge in [0.15, 0.2) is 0 Å². The van der Waals surface area contributed by atoms with Gasteiger partial charge in [0.25, 0.3) is 0 Å². The summed E-state index contributed by atoms with van der Waals surface area (Å²) in [4.78, 5) is 29.7. The van der Waals surface area contributed by atoms with Gasteiger partial charge in [0.05, 0.1) is 25.1 Å². The summed E-state index contributed by atoms with van der Waals surface area (Å²) in [7, 11) is 11.9. The average molecular weight is 511 g/mol. The molecule has 4 rings (SSSR count). The molecule has 0 aromatic carbocycles. The standard InChI is InChI=1S/C25H38N10O2/c1-18-26-24(32(4)5)34(7)25(27-18)35(15-20-10-13-37-17-20)11-8-21-28-22(31(2)3)30-23(29-21)33(6)14-19-9-12-36-16-19/h9-10,12-13,16-18,21H,8,11,14-15H2,1-7H3,(H,28,29,30). The lowest BCUT2D eigenvalue weighted by atomic mass is 10.2. The van der Waals surface area contributed by atoms with E-state index in [2.05, 4.69) is 15.1 Å². The third-order valence-corrected chi connectivity index (χ3v) is 6.05. The van der Waals surface area contributed by atoms with Crippen LogP contribution in [0.2, 0.25) is 0 Å². The first-order chi connectivity index (χ1) is 17.7. The van der Waals surface area contributed by atoms with E-state index >= 15 is 0 Å². The highest BCUT2D eigenvalue weighted by Gasteiger charge is 2.28. The van der Waals surface area contributed by atoms with Crippen molar-refractivity contribution < 1.29 is 8.83 Å². The highest BCUT2D eigenvalue weighted by atomic mass is 16.3. The first-order valence-electron chi connectivity index (χ1n) is 12.4. The van der Waals surface area contributed by atoms with Gasteiger partial charge in [-0.25, -0.2) is 20.0 Å². The van der Waals surface area contributed by atoms with Crippen LogP contribution >= 0.6 is 0 Å². The zero-order valence-electron chi connectivity index (χ0n) is 22.8. The Morgan fingerprint density at radius 3 is 2.05 bits per heavy atom. The molecule has 12 nitrogen and oxygen atoms in total. The van der Waals surface area contributed by atoms with Crippen LogP contribution < -0.4 is 5.32 Å². The lowest BCUT2D eigenvalue weighted by Crippen LogP contribution is -2.52. The van der Waals surface area contributed by atoms with Crippen molar-refractivity contribution in [3.05, 3.63) is 48.3 Å². The van der Waals surface area contributed by atoms with E-state index in [9.17, 15) is 0 Å². The van der Waals surface area contributed by atoms with Gasteiger partial charge in [0.2, 0.25) is 23.8 Å². The lowest BCUT2D eigenvalue weighted by molar-refractivity contribution is 0.337. The molecule has 2 aromatic heterocycles. The summed E-state index contributed by atoms with van der Waals surface area (Å²) in [5.74, 6) is 3.28. The SMILES string of the molecule is CC1N=C(N(C)C)N(C)C(N(CCC2N=C(N(C)C)NC(N(C)Cc3ccoc3)=N2)Cc2ccoc2)=N1. The van der Waals surface area contributed by atoms with Crippen LogP contribution in [0.1, 0.15) is 24.5 Å². The molecule has 200 valence electrons. The van der Waals surface area contributed by atoms with Crippen LogP contribution in [-0.2, 0) is 13.1 Å². The van der Waals surface area contributed by atoms with Crippen molar-refractivity contribution in [3.8, 4) is 0 Å². The third-order valence-electron chi connectivity index (χ3n) is 6.05. The fraction of sp³-hybridized carbons (Fsp3) is 0.520. The molecule has 2 aliphatic rings. The van der Waals surface area contributed by atoms with Crippen molar-refractivity contribution in [2.24, 2.45) is 20.0 Å². The quantitative estimate of drug-likeness (QED) is 0.603. The van der Waals surface area contributed by atoms with Gasteiger partial charge in [-0.1, -0.05) is 0 Å².